The fraction of sp³-hybridized carbons (Fsp3) is 0.304. The molecule has 27 heavy (non-hydrogen) atoms. The lowest BCUT2D eigenvalue weighted by atomic mass is 9.79. The van der Waals surface area contributed by atoms with E-state index in [0.29, 0.717) is 24.9 Å². The zero-order valence-electron chi connectivity index (χ0n) is 15.1. The molecule has 4 nitrogen and oxygen atoms in total. The standard InChI is InChI=1S/C23H23NO3/c25-21(14-11-16-7-3-1-4-8-16)17-12-13-19-20(15-17)23(27)24(22(19)26)18-9-5-2-6-10-18/h1-10,12,19-21,25H,11,13-15H2/t19-,20+,21+/m1/s1. The fourth-order valence-electron chi connectivity index (χ4n) is 4.13. The maximum atomic E-state index is 12.9. The first kappa shape index (κ1) is 17.7. The van der Waals surface area contributed by atoms with Crippen molar-refractivity contribution in [3.05, 3.63) is 77.9 Å². The maximum absolute atomic E-state index is 12.9. The molecule has 1 aliphatic carbocycles. The van der Waals surface area contributed by atoms with E-state index in [4.69, 9.17) is 0 Å². The Bertz CT molecular complexity index is 860. The number of aryl methyl sites for hydroxylation is 1. The predicted octanol–water partition coefficient (Wildman–Crippen LogP) is 3.51. The average molecular weight is 361 g/mol. The summed E-state index contributed by atoms with van der Waals surface area (Å²) in [6.07, 6.45) is 3.80. The summed E-state index contributed by atoms with van der Waals surface area (Å²) in [5.41, 5.74) is 2.71. The maximum Gasteiger partial charge on any atom is 0.238 e. The summed E-state index contributed by atoms with van der Waals surface area (Å²) in [5.74, 6) is -0.922. The van der Waals surface area contributed by atoms with Crippen LogP contribution in [-0.2, 0) is 16.0 Å². The van der Waals surface area contributed by atoms with Crippen molar-refractivity contribution in [1.29, 1.82) is 0 Å². The van der Waals surface area contributed by atoms with Gasteiger partial charge in [0.05, 0.1) is 23.6 Å². The molecule has 0 saturated carbocycles. The van der Waals surface area contributed by atoms with Crippen LogP contribution in [0.2, 0.25) is 0 Å². The van der Waals surface area contributed by atoms with Crippen molar-refractivity contribution >= 4 is 17.5 Å². The van der Waals surface area contributed by atoms with Crippen LogP contribution in [0.4, 0.5) is 5.69 Å². The Morgan fingerprint density at radius 1 is 0.926 bits per heavy atom. The van der Waals surface area contributed by atoms with Crippen LogP contribution in [0, 0.1) is 11.8 Å². The third-order valence-corrected chi connectivity index (χ3v) is 5.64. The molecule has 1 N–H and O–H groups in total. The van der Waals surface area contributed by atoms with Gasteiger partial charge in [-0.3, -0.25) is 14.5 Å². The highest BCUT2D eigenvalue weighted by molar-refractivity contribution is 6.22. The quantitative estimate of drug-likeness (QED) is 0.655. The molecule has 2 aliphatic rings. The van der Waals surface area contributed by atoms with Gasteiger partial charge in [0, 0.05) is 0 Å². The van der Waals surface area contributed by atoms with Crippen LogP contribution in [0.15, 0.2) is 72.3 Å². The molecule has 1 saturated heterocycles. The molecule has 138 valence electrons. The summed E-state index contributed by atoms with van der Waals surface area (Å²) in [7, 11) is 0. The van der Waals surface area contributed by atoms with Gasteiger partial charge in [-0.05, 0) is 49.0 Å². The molecule has 0 aromatic heterocycles. The van der Waals surface area contributed by atoms with Crippen molar-refractivity contribution < 1.29 is 14.7 Å². The van der Waals surface area contributed by atoms with Gasteiger partial charge in [-0.1, -0.05) is 54.6 Å². The number of rotatable bonds is 5. The van der Waals surface area contributed by atoms with E-state index in [9.17, 15) is 14.7 Å². The summed E-state index contributed by atoms with van der Waals surface area (Å²) in [6, 6.07) is 19.2. The van der Waals surface area contributed by atoms with Gasteiger partial charge in [-0.25, -0.2) is 0 Å². The molecule has 3 atom stereocenters. The molecule has 1 aliphatic heterocycles. The number of carbonyl (C=O) groups is 2. The number of aliphatic hydroxyl groups is 1. The number of benzene rings is 2. The van der Waals surface area contributed by atoms with E-state index in [1.165, 1.54) is 10.5 Å². The predicted molar refractivity (Wildman–Crippen MR) is 104 cm³/mol. The van der Waals surface area contributed by atoms with Crippen molar-refractivity contribution in [1.82, 2.24) is 0 Å². The highest BCUT2D eigenvalue weighted by Gasteiger charge is 2.49. The van der Waals surface area contributed by atoms with Gasteiger partial charge in [0.1, 0.15) is 0 Å². The van der Waals surface area contributed by atoms with Gasteiger partial charge < -0.3 is 5.11 Å². The van der Waals surface area contributed by atoms with E-state index < -0.39 is 6.10 Å². The first-order chi connectivity index (χ1) is 13.1. The third-order valence-electron chi connectivity index (χ3n) is 5.64. The van der Waals surface area contributed by atoms with Gasteiger partial charge in [0.15, 0.2) is 0 Å². The zero-order valence-corrected chi connectivity index (χ0v) is 15.1. The average Bonchev–Trinajstić information content (AvgIpc) is 2.97. The van der Waals surface area contributed by atoms with E-state index in [-0.39, 0.29) is 23.7 Å². The second-order valence-corrected chi connectivity index (χ2v) is 7.32. The second-order valence-electron chi connectivity index (χ2n) is 7.32. The summed E-state index contributed by atoms with van der Waals surface area (Å²) in [4.78, 5) is 27.0. The monoisotopic (exact) mass is 361 g/mol. The fourth-order valence-corrected chi connectivity index (χ4v) is 4.13. The lowest BCUT2D eigenvalue weighted by Gasteiger charge is -2.25. The van der Waals surface area contributed by atoms with Gasteiger partial charge in [0.25, 0.3) is 0 Å². The number of allylic oxidation sites excluding steroid dienone is 1. The number of imide groups is 1. The number of carbonyl (C=O) groups excluding carboxylic acids is 2. The molecule has 0 radical (unpaired) electrons. The van der Waals surface area contributed by atoms with Gasteiger partial charge in [-0.2, -0.15) is 0 Å². The number of hydrogen-bond acceptors (Lipinski definition) is 3. The van der Waals surface area contributed by atoms with Gasteiger partial charge in [-0.15, -0.1) is 0 Å². The molecule has 0 unspecified atom stereocenters. The number of amides is 2. The summed E-state index contributed by atoms with van der Waals surface area (Å²) in [6.45, 7) is 0. The SMILES string of the molecule is O=C1[C@H]2CC([C@@H](O)CCc3ccccc3)=CC[C@H]2C(=O)N1c1ccccc1. The normalized spacial score (nSPS) is 23.1. The van der Waals surface area contributed by atoms with E-state index in [0.717, 1.165) is 12.0 Å². The number of nitrogens with zero attached hydrogens (tertiary/aromatic N) is 1. The molecule has 0 bridgehead atoms. The molecule has 2 aromatic rings. The van der Waals surface area contributed by atoms with Crippen molar-refractivity contribution in [3.8, 4) is 0 Å². The number of aliphatic hydroxyl groups excluding tert-OH is 1. The van der Waals surface area contributed by atoms with Crippen LogP contribution in [0.1, 0.15) is 24.8 Å². The molecule has 2 amide bonds. The number of fused-ring (bicyclic) bond motifs is 1. The summed E-state index contributed by atoms with van der Waals surface area (Å²) >= 11 is 0. The highest BCUT2D eigenvalue weighted by Crippen LogP contribution is 2.40. The third kappa shape index (κ3) is 3.45. The molecule has 1 heterocycles. The Hall–Kier alpha value is -2.72. The van der Waals surface area contributed by atoms with Crippen LogP contribution in [0.5, 0.6) is 0 Å². The Kier molecular flexibility index (Phi) is 4.90. The van der Waals surface area contributed by atoms with E-state index >= 15 is 0 Å². The molecular formula is C23H23NO3. The van der Waals surface area contributed by atoms with Crippen LogP contribution in [-0.4, -0.2) is 23.0 Å². The number of para-hydroxylation sites is 1. The minimum absolute atomic E-state index is 0.120. The Morgan fingerprint density at radius 3 is 2.26 bits per heavy atom. The Morgan fingerprint density at radius 2 is 1.56 bits per heavy atom. The molecule has 4 heteroatoms. The van der Waals surface area contributed by atoms with Crippen molar-refractivity contribution in [2.45, 2.75) is 31.8 Å². The Labute approximate surface area is 159 Å². The molecule has 0 spiro atoms. The smallest absolute Gasteiger partial charge is 0.238 e. The Balaban J connectivity index is 1.44. The van der Waals surface area contributed by atoms with Crippen molar-refractivity contribution in [3.63, 3.8) is 0 Å². The molecular weight excluding hydrogens is 338 g/mol. The highest BCUT2D eigenvalue weighted by atomic mass is 16.3. The zero-order chi connectivity index (χ0) is 18.8. The van der Waals surface area contributed by atoms with Gasteiger partial charge >= 0.3 is 0 Å². The minimum Gasteiger partial charge on any atom is -0.389 e. The van der Waals surface area contributed by atoms with Crippen molar-refractivity contribution in [2.75, 3.05) is 4.90 Å². The van der Waals surface area contributed by atoms with E-state index in [1.54, 1.807) is 12.1 Å². The lowest BCUT2D eigenvalue weighted by Crippen LogP contribution is -2.30. The topological polar surface area (TPSA) is 57.6 Å². The van der Waals surface area contributed by atoms with Crippen LogP contribution in [0.3, 0.4) is 0 Å². The van der Waals surface area contributed by atoms with Crippen LogP contribution < -0.4 is 4.90 Å². The number of anilines is 1. The molecule has 1 fully saturated rings. The summed E-state index contributed by atoms with van der Waals surface area (Å²) in [5, 5.41) is 10.6. The number of hydrogen-bond donors (Lipinski definition) is 1. The molecule has 2 aromatic carbocycles. The van der Waals surface area contributed by atoms with Crippen LogP contribution in [0.25, 0.3) is 0 Å². The summed E-state index contributed by atoms with van der Waals surface area (Å²) < 4.78 is 0. The largest absolute Gasteiger partial charge is 0.389 e. The lowest BCUT2D eigenvalue weighted by molar-refractivity contribution is -0.122. The first-order valence-electron chi connectivity index (χ1n) is 9.49. The van der Waals surface area contributed by atoms with Gasteiger partial charge in [0.2, 0.25) is 11.8 Å². The van der Waals surface area contributed by atoms with Crippen LogP contribution >= 0.6 is 0 Å². The van der Waals surface area contributed by atoms with Crippen molar-refractivity contribution in [2.24, 2.45) is 11.8 Å². The first-order valence-corrected chi connectivity index (χ1v) is 9.49. The van der Waals surface area contributed by atoms with E-state index in [1.807, 2.05) is 42.5 Å². The molecule has 4 rings (SSSR count). The second kappa shape index (κ2) is 7.49. The van der Waals surface area contributed by atoms with E-state index in [2.05, 4.69) is 12.1 Å². The minimum atomic E-state index is -0.570.